The van der Waals surface area contributed by atoms with Gasteiger partial charge in [-0.25, -0.2) is 0 Å². The van der Waals surface area contributed by atoms with Crippen molar-refractivity contribution in [1.82, 2.24) is 4.98 Å². The highest BCUT2D eigenvalue weighted by atomic mass is 16.5. The molecule has 1 N–H and O–H groups in total. The lowest BCUT2D eigenvalue weighted by molar-refractivity contribution is 0.415. The van der Waals surface area contributed by atoms with Crippen LogP contribution in [0.3, 0.4) is 0 Å². The number of aromatic nitrogens is 1. The smallest absolute Gasteiger partial charge is 0.266 e. The van der Waals surface area contributed by atoms with Gasteiger partial charge >= 0.3 is 0 Å². The van der Waals surface area contributed by atoms with Crippen LogP contribution in [0.4, 0.5) is 0 Å². The van der Waals surface area contributed by atoms with E-state index in [-0.39, 0.29) is 11.1 Å². The van der Waals surface area contributed by atoms with E-state index in [0.29, 0.717) is 0 Å². The van der Waals surface area contributed by atoms with Crippen molar-refractivity contribution in [2.24, 2.45) is 0 Å². The molecule has 0 spiro atoms. The molecule has 0 unspecified atom stereocenters. The fourth-order valence-corrected chi connectivity index (χ4v) is 2.50. The van der Waals surface area contributed by atoms with E-state index in [0.717, 1.165) is 35.4 Å². The largest absolute Gasteiger partial charge is 0.497 e. The van der Waals surface area contributed by atoms with E-state index in [4.69, 9.17) is 10.00 Å². The molecule has 0 bridgehead atoms. The predicted molar refractivity (Wildman–Crippen MR) is 71.2 cm³/mol. The van der Waals surface area contributed by atoms with E-state index in [1.165, 1.54) is 5.56 Å². The van der Waals surface area contributed by atoms with Gasteiger partial charge in [-0.2, -0.15) is 5.26 Å². The number of methoxy groups -OCH3 is 1. The van der Waals surface area contributed by atoms with Gasteiger partial charge in [-0.3, -0.25) is 4.79 Å². The number of H-pyrrole nitrogens is 1. The van der Waals surface area contributed by atoms with Gasteiger partial charge in [0.25, 0.3) is 5.56 Å². The second-order valence-corrected chi connectivity index (χ2v) is 4.55. The summed E-state index contributed by atoms with van der Waals surface area (Å²) in [6.07, 6.45) is 1.74. The number of aryl methyl sites for hydroxylation is 2. The van der Waals surface area contributed by atoms with Gasteiger partial charge in [-0.1, -0.05) is 6.07 Å². The number of rotatable bonds is 1. The van der Waals surface area contributed by atoms with E-state index >= 15 is 0 Å². The van der Waals surface area contributed by atoms with Crippen LogP contribution in [0, 0.1) is 11.3 Å². The van der Waals surface area contributed by atoms with Crippen LogP contribution in [0.25, 0.3) is 11.3 Å². The van der Waals surface area contributed by atoms with Crippen LogP contribution in [-0.2, 0) is 12.8 Å². The van der Waals surface area contributed by atoms with Gasteiger partial charge in [-0.15, -0.1) is 0 Å². The standard InChI is InChI=1S/C15H12N2O2/c1-19-12-5-4-9-2-3-10-6-11(8-16)15(18)17-14(10)13(9)7-12/h4-7H,2-3H2,1H3,(H,17,18). The molecule has 3 rings (SSSR count). The minimum Gasteiger partial charge on any atom is -0.497 e. The first-order valence-electron chi connectivity index (χ1n) is 6.06. The van der Waals surface area contributed by atoms with Crippen molar-refractivity contribution in [3.8, 4) is 23.1 Å². The Bertz CT molecular complexity index is 754. The molecular formula is C15H12N2O2. The summed E-state index contributed by atoms with van der Waals surface area (Å²) in [7, 11) is 1.62. The Balaban J connectivity index is 2.26. The van der Waals surface area contributed by atoms with Gasteiger partial charge in [-0.05, 0) is 42.2 Å². The molecule has 19 heavy (non-hydrogen) atoms. The lowest BCUT2D eigenvalue weighted by Gasteiger charge is -2.20. The monoisotopic (exact) mass is 252 g/mol. The fourth-order valence-electron chi connectivity index (χ4n) is 2.50. The molecule has 0 radical (unpaired) electrons. The van der Waals surface area contributed by atoms with Gasteiger partial charge in [0, 0.05) is 5.56 Å². The van der Waals surface area contributed by atoms with Gasteiger partial charge < -0.3 is 9.72 Å². The van der Waals surface area contributed by atoms with Crippen molar-refractivity contribution in [2.75, 3.05) is 7.11 Å². The molecule has 1 aliphatic carbocycles. The fraction of sp³-hybridized carbons (Fsp3) is 0.200. The van der Waals surface area contributed by atoms with Crippen LogP contribution < -0.4 is 10.3 Å². The molecule has 0 atom stereocenters. The maximum atomic E-state index is 11.8. The molecule has 1 aromatic heterocycles. The topological polar surface area (TPSA) is 65.9 Å². The summed E-state index contributed by atoms with van der Waals surface area (Å²) in [5.41, 5.74) is 3.83. The molecule has 94 valence electrons. The van der Waals surface area contributed by atoms with E-state index in [2.05, 4.69) is 4.98 Å². The third kappa shape index (κ3) is 1.80. The van der Waals surface area contributed by atoms with Crippen LogP contribution in [0.2, 0.25) is 0 Å². The van der Waals surface area contributed by atoms with Crippen molar-refractivity contribution < 1.29 is 4.74 Å². The van der Waals surface area contributed by atoms with Crippen LogP contribution >= 0.6 is 0 Å². The summed E-state index contributed by atoms with van der Waals surface area (Å²) in [5.74, 6) is 0.761. The maximum absolute atomic E-state index is 11.8. The lowest BCUT2D eigenvalue weighted by Crippen LogP contribution is -2.16. The van der Waals surface area contributed by atoms with Crippen molar-refractivity contribution in [2.45, 2.75) is 12.8 Å². The number of nitriles is 1. The Morgan fingerprint density at radius 1 is 1.26 bits per heavy atom. The minimum absolute atomic E-state index is 0.171. The number of aromatic amines is 1. The van der Waals surface area contributed by atoms with E-state index in [1.54, 1.807) is 13.2 Å². The van der Waals surface area contributed by atoms with E-state index in [1.807, 2.05) is 24.3 Å². The molecule has 0 saturated carbocycles. The molecule has 0 fully saturated rings. The average molecular weight is 252 g/mol. The van der Waals surface area contributed by atoms with Gasteiger partial charge in [0.1, 0.15) is 17.4 Å². The number of nitrogens with one attached hydrogen (secondary N) is 1. The summed E-state index contributed by atoms with van der Waals surface area (Å²) in [6, 6.07) is 9.48. The molecule has 2 aromatic rings. The van der Waals surface area contributed by atoms with Gasteiger partial charge in [0.05, 0.1) is 12.8 Å². The molecule has 0 saturated heterocycles. The molecule has 1 aromatic carbocycles. The lowest BCUT2D eigenvalue weighted by atomic mass is 9.88. The zero-order chi connectivity index (χ0) is 13.4. The molecule has 1 aliphatic rings. The van der Waals surface area contributed by atoms with Crippen molar-refractivity contribution >= 4 is 0 Å². The van der Waals surface area contributed by atoms with Crippen molar-refractivity contribution in [3.05, 3.63) is 51.3 Å². The van der Waals surface area contributed by atoms with Crippen molar-refractivity contribution in [3.63, 3.8) is 0 Å². The predicted octanol–water partition coefficient (Wildman–Crippen LogP) is 2.02. The Morgan fingerprint density at radius 3 is 2.79 bits per heavy atom. The molecule has 4 heteroatoms. The second-order valence-electron chi connectivity index (χ2n) is 4.55. The first-order valence-corrected chi connectivity index (χ1v) is 6.06. The third-order valence-corrected chi connectivity index (χ3v) is 3.49. The number of hydrogen-bond donors (Lipinski definition) is 1. The molecular weight excluding hydrogens is 240 g/mol. The summed E-state index contributed by atoms with van der Waals surface area (Å²) < 4.78 is 5.23. The molecule has 0 aliphatic heterocycles. The summed E-state index contributed by atoms with van der Waals surface area (Å²) in [4.78, 5) is 14.6. The Kier molecular flexibility index (Phi) is 2.60. The highest BCUT2D eigenvalue weighted by Gasteiger charge is 2.19. The first kappa shape index (κ1) is 11.5. The molecule has 4 nitrogen and oxygen atoms in total. The number of benzene rings is 1. The summed E-state index contributed by atoms with van der Waals surface area (Å²) >= 11 is 0. The number of pyridine rings is 1. The number of fused-ring (bicyclic) bond motifs is 3. The van der Waals surface area contributed by atoms with Crippen LogP contribution in [0.15, 0.2) is 29.1 Å². The zero-order valence-electron chi connectivity index (χ0n) is 10.5. The Hall–Kier alpha value is -2.54. The van der Waals surface area contributed by atoms with E-state index in [9.17, 15) is 4.79 Å². The van der Waals surface area contributed by atoms with Crippen molar-refractivity contribution in [1.29, 1.82) is 5.26 Å². The number of hydrogen-bond acceptors (Lipinski definition) is 3. The Morgan fingerprint density at radius 2 is 2.05 bits per heavy atom. The number of ether oxygens (including phenoxy) is 1. The highest BCUT2D eigenvalue weighted by molar-refractivity contribution is 5.71. The molecule has 1 heterocycles. The van der Waals surface area contributed by atoms with Gasteiger partial charge in [0.2, 0.25) is 0 Å². The first-order chi connectivity index (χ1) is 9.22. The quantitative estimate of drug-likeness (QED) is 0.844. The minimum atomic E-state index is -0.336. The maximum Gasteiger partial charge on any atom is 0.266 e. The van der Waals surface area contributed by atoms with E-state index < -0.39 is 0 Å². The van der Waals surface area contributed by atoms with Crippen LogP contribution in [0.5, 0.6) is 5.75 Å². The zero-order valence-corrected chi connectivity index (χ0v) is 10.5. The third-order valence-electron chi connectivity index (χ3n) is 3.49. The van der Waals surface area contributed by atoms with Crippen LogP contribution in [-0.4, -0.2) is 12.1 Å². The second kappa shape index (κ2) is 4.29. The summed E-state index contributed by atoms with van der Waals surface area (Å²) in [6.45, 7) is 0. The van der Waals surface area contributed by atoms with Gasteiger partial charge in [0.15, 0.2) is 0 Å². The normalized spacial score (nSPS) is 12.2. The Labute approximate surface area is 110 Å². The average Bonchev–Trinajstić information content (AvgIpc) is 2.46. The molecule has 0 amide bonds. The summed E-state index contributed by atoms with van der Waals surface area (Å²) in [5, 5.41) is 8.91. The number of nitrogens with zero attached hydrogens (tertiary/aromatic N) is 1. The highest BCUT2D eigenvalue weighted by Crippen LogP contribution is 2.33. The SMILES string of the molecule is COc1ccc2c(c1)-c1[nH]c(=O)c(C#N)cc1CC2. The van der Waals surface area contributed by atoms with Crippen LogP contribution in [0.1, 0.15) is 16.7 Å².